The molecule has 0 saturated carbocycles. The van der Waals surface area contributed by atoms with Crippen LogP contribution in [0, 0.1) is 11.5 Å². The molecule has 0 aromatic rings. The van der Waals surface area contributed by atoms with Gasteiger partial charge in [0.05, 0.1) is 0 Å². The first-order valence-corrected chi connectivity index (χ1v) is 12.7. The van der Waals surface area contributed by atoms with Gasteiger partial charge in [-0.15, -0.1) is 5.92 Å². The van der Waals surface area contributed by atoms with E-state index >= 15 is 0 Å². The first kappa shape index (κ1) is 27.5. The van der Waals surface area contributed by atoms with Crippen LogP contribution in [0.1, 0.15) is 69.2 Å². The average Bonchev–Trinajstić information content (AvgIpc) is 2.64. The van der Waals surface area contributed by atoms with Crippen molar-refractivity contribution in [2.75, 3.05) is 39.3 Å². The molecule has 0 N–H and O–H groups in total. The minimum Gasteiger partial charge on any atom is -0.348 e. The summed E-state index contributed by atoms with van der Waals surface area (Å²) in [5, 5.41) is 0. The molecule has 0 heterocycles. The van der Waals surface area contributed by atoms with Gasteiger partial charge in [-0.2, -0.15) is 0 Å². The summed E-state index contributed by atoms with van der Waals surface area (Å²) in [5.41, 5.74) is 3.24. The molecule has 0 saturated heterocycles. The lowest BCUT2D eigenvalue weighted by Gasteiger charge is -2.39. The van der Waals surface area contributed by atoms with E-state index < -0.39 is 8.80 Å². The summed E-state index contributed by atoms with van der Waals surface area (Å²) in [6.07, 6.45) is -0.388. The summed E-state index contributed by atoms with van der Waals surface area (Å²) >= 11 is 0. The zero-order chi connectivity index (χ0) is 21.7. The zero-order valence-electron chi connectivity index (χ0n) is 20.0. The highest BCUT2D eigenvalue weighted by Crippen LogP contribution is 2.21. The summed E-state index contributed by atoms with van der Waals surface area (Å²) in [4.78, 5) is 6.74. The highest BCUT2D eigenvalue weighted by Gasteiger charge is 2.47. The number of hydrogen-bond donors (Lipinski definition) is 0. The third kappa shape index (κ3) is 8.50. The van der Waals surface area contributed by atoms with E-state index in [4.69, 9.17) is 13.3 Å². The number of nitrogens with zero attached hydrogens (tertiary/aromatic N) is 3. The third-order valence-corrected chi connectivity index (χ3v) is 7.75. The maximum absolute atomic E-state index is 6.54. The molecule has 0 amide bonds. The van der Waals surface area contributed by atoms with Crippen LogP contribution in [-0.2, 0) is 13.3 Å². The summed E-state index contributed by atoms with van der Waals surface area (Å²) in [6, 6.07) is 0. The van der Waals surface area contributed by atoms with Crippen LogP contribution in [0.4, 0.5) is 0 Å². The zero-order valence-corrected chi connectivity index (χ0v) is 21.0. The molecule has 0 aromatic heterocycles. The van der Waals surface area contributed by atoms with Crippen LogP contribution in [0.3, 0.4) is 0 Å². The molecule has 0 spiro atoms. The molecule has 0 aromatic carbocycles. The second kappa shape index (κ2) is 14.5. The quantitative estimate of drug-likeness (QED) is 0.231. The van der Waals surface area contributed by atoms with Crippen molar-refractivity contribution in [3.8, 4) is 11.5 Å². The standard InChI is InChI=1S/C21H45N3O3Si/c1-11-18-28(25-19(8)22(12-2)13-3,26-20(9)23(14-4)15-5)27-21(10)24(16-6)17-7/h19-21H,12-17H2,1-10H3. The van der Waals surface area contributed by atoms with Crippen molar-refractivity contribution in [3.63, 3.8) is 0 Å². The van der Waals surface area contributed by atoms with Crippen molar-refractivity contribution < 1.29 is 13.3 Å². The van der Waals surface area contributed by atoms with E-state index in [0.717, 1.165) is 39.3 Å². The maximum Gasteiger partial charge on any atom is 0.595 e. The van der Waals surface area contributed by atoms with Gasteiger partial charge in [-0.05, 0) is 72.5 Å². The van der Waals surface area contributed by atoms with Crippen molar-refractivity contribution in [1.29, 1.82) is 0 Å². The molecule has 3 unspecified atom stereocenters. The van der Waals surface area contributed by atoms with E-state index in [-0.39, 0.29) is 18.7 Å². The van der Waals surface area contributed by atoms with Gasteiger partial charge in [0.15, 0.2) is 0 Å². The fourth-order valence-corrected chi connectivity index (χ4v) is 5.88. The summed E-state index contributed by atoms with van der Waals surface area (Å²) in [5.74, 6) is 3.03. The van der Waals surface area contributed by atoms with Gasteiger partial charge >= 0.3 is 8.80 Å². The fourth-order valence-electron chi connectivity index (χ4n) is 3.44. The molecule has 166 valence electrons. The van der Waals surface area contributed by atoms with Crippen molar-refractivity contribution in [2.45, 2.75) is 87.9 Å². The lowest BCUT2D eigenvalue weighted by atomic mass is 10.5. The molecule has 0 rings (SSSR count). The molecule has 0 radical (unpaired) electrons. The summed E-state index contributed by atoms with van der Waals surface area (Å²) in [6.45, 7) is 26.2. The third-order valence-electron chi connectivity index (χ3n) is 5.23. The number of rotatable bonds is 15. The van der Waals surface area contributed by atoms with Crippen molar-refractivity contribution >= 4 is 8.80 Å². The fraction of sp³-hybridized carbons (Fsp3) is 0.905. The van der Waals surface area contributed by atoms with E-state index in [2.05, 4.69) is 88.5 Å². The van der Waals surface area contributed by atoms with Crippen LogP contribution < -0.4 is 0 Å². The molecule has 28 heavy (non-hydrogen) atoms. The van der Waals surface area contributed by atoms with Crippen LogP contribution in [0.25, 0.3) is 0 Å². The molecule has 0 aliphatic heterocycles. The van der Waals surface area contributed by atoms with Gasteiger partial charge in [-0.25, -0.2) is 0 Å². The van der Waals surface area contributed by atoms with Gasteiger partial charge in [0.1, 0.15) is 18.7 Å². The molecule has 7 heteroatoms. The van der Waals surface area contributed by atoms with Crippen molar-refractivity contribution in [2.24, 2.45) is 0 Å². The highest BCUT2D eigenvalue weighted by molar-refractivity contribution is 6.69. The SMILES string of the molecule is CC#C[Si](OC(C)N(CC)CC)(OC(C)N(CC)CC)OC(C)N(CC)CC. The molecular formula is C21H45N3O3Si. The predicted molar refractivity (Wildman–Crippen MR) is 120 cm³/mol. The van der Waals surface area contributed by atoms with Gasteiger partial charge in [0, 0.05) is 0 Å². The monoisotopic (exact) mass is 415 g/mol. The number of hydrogen-bond acceptors (Lipinski definition) is 6. The van der Waals surface area contributed by atoms with Gasteiger partial charge in [-0.1, -0.05) is 41.5 Å². The Morgan fingerprint density at radius 1 is 0.607 bits per heavy atom. The Morgan fingerprint density at radius 2 is 0.857 bits per heavy atom. The van der Waals surface area contributed by atoms with Gasteiger partial charge in [-0.3, -0.25) is 14.7 Å². The first-order chi connectivity index (χ1) is 13.3. The van der Waals surface area contributed by atoms with Crippen molar-refractivity contribution in [1.82, 2.24) is 14.7 Å². The molecule has 0 aliphatic carbocycles. The van der Waals surface area contributed by atoms with E-state index in [9.17, 15) is 0 Å². The van der Waals surface area contributed by atoms with Gasteiger partial charge in [0.2, 0.25) is 0 Å². The minimum atomic E-state index is -3.26. The topological polar surface area (TPSA) is 37.4 Å². The van der Waals surface area contributed by atoms with Crippen LogP contribution in [0.5, 0.6) is 0 Å². The van der Waals surface area contributed by atoms with E-state index in [1.807, 2.05) is 6.92 Å². The molecular weight excluding hydrogens is 370 g/mol. The molecule has 0 fully saturated rings. The van der Waals surface area contributed by atoms with Crippen LogP contribution in [-0.4, -0.2) is 81.5 Å². The normalized spacial score (nSPS) is 17.3. The second-order valence-electron chi connectivity index (χ2n) is 6.75. The van der Waals surface area contributed by atoms with E-state index in [1.54, 1.807) is 0 Å². The lowest BCUT2D eigenvalue weighted by molar-refractivity contribution is -0.0940. The smallest absolute Gasteiger partial charge is 0.348 e. The Morgan fingerprint density at radius 3 is 1.04 bits per heavy atom. The van der Waals surface area contributed by atoms with Gasteiger partial charge in [0.25, 0.3) is 0 Å². The summed E-state index contributed by atoms with van der Waals surface area (Å²) in [7, 11) is -3.26. The van der Waals surface area contributed by atoms with Crippen LogP contribution in [0.15, 0.2) is 0 Å². The molecule has 6 nitrogen and oxygen atoms in total. The second-order valence-corrected chi connectivity index (χ2v) is 8.82. The Hall–Kier alpha value is -0.463. The lowest BCUT2D eigenvalue weighted by Crippen LogP contribution is -2.57. The van der Waals surface area contributed by atoms with E-state index in [1.165, 1.54) is 0 Å². The first-order valence-electron chi connectivity index (χ1n) is 11.0. The molecule has 3 atom stereocenters. The van der Waals surface area contributed by atoms with Gasteiger partial charge < -0.3 is 13.3 Å². The van der Waals surface area contributed by atoms with Crippen LogP contribution >= 0.6 is 0 Å². The molecule has 0 bridgehead atoms. The Bertz CT molecular complexity index is 407. The summed E-state index contributed by atoms with van der Waals surface area (Å²) < 4.78 is 19.6. The van der Waals surface area contributed by atoms with E-state index in [0.29, 0.717) is 0 Å². The van der Waals surface area contributed by atoms with Crippen molar-refractivity contribution in [3.05, 3.63) is 0 Å². The highest BCUT2D eigenvalue weighted by atomic mass is 28.4. The minimum absolute atomic E-state index is 0.129. The van der Waals surface area contributed by atoms with Crippen LogP contribution in [0.2, 0.25) is 0 Å². The predicted octanol–water partition coefficient (Wildman–Crippen LogP) is 3.60. The Kier molecular flexibility index (Phi) is 14.3. The molecule has 0 aliphatic rings. The maximum atomic E-state index is 6.54. The average molecular weight is 416 g/mol. The Balaban J connectivity index is 5.84. The largest absolute Gasteiger partial charge is 0.595 e. The Labute approximate surface area is 175 Å².